The largest absolute Gasteiger partial charge is 0.490 e. The van der Waals surface area contributed by atoms with Crippen molar-refractivity contribution in [3.63, 3.8) is 0 Å². The molecule has 0 radical (unpaired) electrons. The summed E-state index contributed by atoms with van der Waals surface area (Å²) in [6, 6.07) is 14.5. The highest BCUT2D eigenvalue weighted by molar-refractivity contribution is 9.10. The summed E-state index contributed by atoms with van der Waals surface area (Å²) in [6.45, 7) is 3.98. The predicted octanol–water partition coefficient (Wildman–Crippen LogP) is 5.67. The molecule has 29 heavy (non-hydrogen) atoms. The van der Waals surface area contributed by atoms with Crippen LogP contribution in [-0.2, 0) is 19.7 Å². The maximum atomic E-state index is 13.8. The molecule has 0 spiro atoms. The van der Waals surface area contributed by atoms with E-state index in [4.69, 9.17) is 9.47 Å². The first kappa shape index (κ1) is 23.1. The van der Waals surface area contributed by atoms with Crippen molar-refractivity contribution in [2.75, 3.05) is 6.61 Å². The van der Waals surface area contributed by atoms with Crippen LogP contribution in [0.15, 0.2) is 65.4 Å². The number of halogens is 3. The lowest BCUT2D eigenvalue weighted by molar-refractivity contribution is 0.264. The Morgan fingerprint density at radius 3 is 2.45 bits per heavy atom. The van der Waals surface area contributed by atoms with Gasteiger partial charge in [-0.1, -0.05) is 18.2 Å². The zero-order chi connectivity index (χ0) is 19.8. The number of nitrogens with one attached hydrogen (secondary N) is 1. The van der Waals surface area contributed by atoms with Crippen molar-refractivity contribution in [1.82, 2.24) is 10.3 Å². The maximum Gasteiger partial charge on any atom is 0.175 e. The number of aromatic nitrogens is 1. The number of nitrogens with zero attached hydrogens (tertiary/aromatic N) is 1. The lowest BCUT2D eigenvalue weighted by Crippen LogP contribution is -2.13. The van der Waals surface area contributed by atoms with E-state index in [1.54, 1.807) is 30.6 Å². The van der Waals surface area contributed by atoms with E-state index in [0.29, 0.717) is 30.2 Å². The Morgan fingerprint density at radius 1 is 1.00 bits per heavy atom. The van der Waals surface area contributed by atoms with Crippen molar-refractivity contribution in [1.29, 1.82) is 0 Å². The van der Waals surface area contributed by atoms with Gasteiger partial charge in [0, 0.05) is 31.0 Å². The molecule has 0 bridgehead atoms. The number of ether oxygens (including phenoxy) is 2. The third-order valence-corrected chi connectivity index (χ3v) is 4.70. The summed E-state index contributed by atoms with van der Waals surface area (Å²) in [7, 11) is 0. The smallest absolute Gasteiger partial charge is 0.175 e. The zero-order valence-electron chi connectivity index (χ0n) is 16.0. The molecule has 154 valence electrons. The Labute approximate surface area is 185 Å². The molecule has 0 atom stereocenters. The standard InChI is InChI=1S/C22H22BrFN2O2.ClH/c1-2-27-21-12-17(14-26-13-16-7-9-25-10-8-16)11-19(23)22(21)28-15-18-5-3-4-6-20(18)24;/h3-12,26H,2,13-15H2,1H3;1H. The van der Waals surface area contributed by atoms with Crippen molar-refractivity contribution in [3.05, 3.63) is 87.9 Å². The van der Waals surface area contributed by atoms with Crippen LogP contribution in [0.5, 0.6) is 11.5 Å². The first-order valence-corrected chi connectivity index (χ1v) is 9.87. The van der Waals surface area contributed by atoms with Gasteiger partial charge in [0.15, 0.2) is 11.5 Å². The van der Waals surface area contributed by atoms with Gasteiger partial charge in [-0.3, -0.25) is 4.98 Å². The minimum atomic E-state index is -0.284. The fraction of sp³-hybridized carbons (Fsp3) is 0.227. The molecule has 3 aromatic rings. The lowest BCUT2D eigenvalue weighted by Gasteiger charge is -2.16. The number of rotatable bonds is 9. The number of pyridine rings is 1. The molecule has 0 unspecified atom stereocenters. The van der Waals surface area contributed by atoms with E-state index in [2.05, 4.69) is 26.2 Å². The van der Waals surface area contributed by atoms with Crippen LogP contribution in [0, 0.1) is 5.82 Å². The van der Waals surface area contributed by atoms with Crippen molar-refractivity contribution >= 4 is 28.3 Å². The molecule has 2 aromatic carbocycles. The van der Waals surface area contributed by atoms with Crippen LogP contribution < -0.4 is 14.8 Å². The molecule has 0 aliphatic carbocycles. The minimum Gasteiger partial charge on any atom is -0.490 e. The van der Waals surface area contributed by atoms with E-state index >= 15 is 0 Å². The third-order valence-electron chi connectivity index (χ3n) is 4.11. The molecule has 0 saturated heterocycles. The summed E-state index contributed by atoms with van der Waals surface area (Å²) >= 11 is 3.56. The topological polar surface area (TPSA) is 43.4 Å². The molecule has 0 aliphatic heterocycles. The molecule has 3 rings (SSSR count). The van der Waals surface area contributed by atoms with E-state index < -0.39 is 0 Å². The molecular weight excluding hydrogens is 459 g/mol. The summed E-state index contributed by atoms with van der Waals surface area (Å²) in [5.74, 6) is 0.922. The van der Waals surface area contributed by atoms with Gasteiger partial charge in [0.25, 0.3) is 0 Å². The van der Waals surface area contributed by atoms with Gasteiger partial charge in [-0.05, 0) is 64.3 Å². The van der Waals surface area contributed by atoms with Gasteiger partial charge in [0.1, 0.15) is 12.4 Å². The molecule has 4 nitrogen and oxygen atoms in total. The van der Waals surface area contributed by atoms with E-state index in [1.165, 1.54) is 11.6 Å². The van der Waals surface area contributed by atoms with Crippen molar-refractivity contribution in [3.8, 4) is 11.5 Å². The lowest BCUT2D eigenvalue weighted by atomic mass is 10.2. The molecule has 0 amide bonds. The molecule has 0 saturated carbocycles. The fourth-order valence-electron chi connectivity index (χ4n) is 2.74. The van der Waals surface area contributed by atoms with Crippen LogP contribution in [0.2, 0.25) is 0 Å². The molecule has 0 aliphatic rings. The highest BCUT2D eigenvalue weighted by Crippen LogP contribution is 2.37. The van der Waals surface area contributed by atoms with E-state index in [-0.39, 0.29) is 24.8 Å². The highest BCUT2D eigenvalue weighted by atomic mass is 79.9. The summed E-state index contributed by atoms with van der Waals surface area (Å²) in [5, 5.41) is 3.40. The third kappa shape index (κ3) is 6.70. The SMILES string of the molecule is CCOc1cc(CNCc2ccncc2)cc(Br)c1OCc1ccccc1F.Cl. The fourth-order valence-corrected chi connectivity index (χ4v) is 3.35. The monoisotopic (exact) mass is 480 g/mol. The second-order valence-corrected chi connectivity index (χ2v) is 7.03. The molecule has 1 heterocycles. The zero-order valence-corrected chi connectivity index (χ0v) is 18.4. The Morgan fingerprint density at radius 2 is 1.72 bits per heavy atom. The van der Waals surface area contributed by atoms with Crippen LogP contribution in [0.3, 0.4) is 0 Å². The van der Waals surface area contributed by atoms with Crippen molar-refractivity contribution < 1.29 is 13.9 Å². The maximum absolute atomic E-state index is 13.8. The van der Waals surface area contributed by atoms with Gasteiger partial charge in [0.2, 0.25) is 0 Å². The van der Waals surface area contributed by atoms with Gasteiger partial charge in [0.05, 0.1) is 11.1 Å². The van der Waals surface area contributed by atoms with Crippen LogP contribution in [-0.4, -0.2) is 11.6 Å². The molecule has 1 N–H and O–H groups in total. The molecule has 7 heteroatoms. The van der Waals surface area contributed by atoms with Gasteiger partial charge in [-0.25, -0.2) is 4.39 Å². The van der Waals surface area contributed by atoms with Gasteiger partial charge in [-0.2, -0.15) is 0 Å². The van der Waals surface area contributed by atoms with Crippen LogP contribution in [0.4, 0.5) is 4.39 Å². The Balaban J connectivity index is 0.00000300. The van der Waals surface area contributed by atoms with Gasteiger partial charge in [-0.15, -0.1) is 12.4 Å². The second kappa shape index (κ2) is 11.8. The van der Waals surface area contributed by atoms with Gasteiger partial charge >= 0.3 is 0 Å². The summed E-state index contributed by atoms with van der Waals surface area (Å²) in [6.07, 6.45) is 3.56. The van der Waals surface area contributed by atoms with E-state index in [9.17, 15) is 4.39 Å². The van der Waals surface area contributed by atoms with E-state index in [0.717, 1.165) is 16.6 Å². The summed E-state index contributed by atoms with van der Waals surface area (Å²) in [5.41, 5.74) is 2.73. The second-order valence-electron chi connectivity index (χ2n) is 6.18. The van der Waals surface area contributed by atoms with Crippen molar-refractivity contribution in [2.45, 2.75) is 26.6 Å². The quantitative estimate of drug-likeness (QED) is 0.427. The predicted molar refractivity (Wildman–Crippen MR) is 118 cm³/mol. The number of hydrogen-bond donors (Lipinski definition) is 1. The highest BCUT2D eigenvalue weighted by Gasteiger charge is 2.13. The van der Waals surface area contributed by atoms with E-state index in [1.807, 2.05) is 31.2 Å². The van der Waals surface area contributed by atoms with Gasteiger partial charge < -0.3 is 14.8 Å². The Bertz CT molecular complexity index is 913. The summed E-state index contributed by atoms with van der Waals surface area (Å²) < 4.78 is 26.3. The molecule has 1 aromatic heterocycles. The first-order chi connectivity index (χ1) is 13.7. The minimum absolute atomic E-state index is 0. The Kier molecular flexibility index (Phi) is 9.38. The number of benzene rings is 2. The normalized spacial score (nSPS) is 10.3. The number of hydrogen-bond acceptors (Lipinski definition) is 4. The molecular formula is C22H23BrClFN2O2. The average Bonchev–Trinajstić information content (AvgIpc) is 2.70. The summed E-state index contributed by atoms with van der Waals surface area (Å²) in [4.78, 5) is 4.02. The van der Waals surface area contributed by atoms with Crippen molar-refractivity contribution in [2.24, 2.45) is 0 Å². The van der Waals surface area contributed by atoms with Crippen LogP contribution in [0.1, 0.15) is 23.6 Å². The van der Waals surface area contributed by atoms with Crippen LogP contribution in [0.25, 0.3) is 0 Å². The first-order valence-electron chi connectivity index (χ1n) is 9.08. The Hall–Kier alpha value is -2.15. The molecule has 0 fully saturated rings. The van der Waals surface area contributed by atoms with Crippen LogP contribution >= 0.6 is 28.3 Å². The average molecular weight is 482 g/mol.